The van der Waals surface area contributed by atoms with E-state index in [0.29, 0.717) is 63.1 Å². The molecule has 2 saturated heterocycles. The number of hydrogen-bond donors (Lipinski definition) is 1. The molecule has 146 valence electrons. The molecule has 0 spiro atoms. The molecule has 3 heterocycles. The summed E-state index contributed by atoms with van der Waals surface area (Å²) in [7, 11) is 0. The highest BCUT2D eigenvalue weighted by Gasteiger charge is 2.43. The Morgan fingerprint density at radius 3 is 2.63 bits per heavy atom. The minimum absolute atomic E-state index is 0.186. The highest BCUT2D eigenvalue weighted by Crippen LogP contribution is 2.42. The van der Waals surface area contributed by atoms with Crippen molar-refractivity contribution >= 4 is 0 Å². The molecule has 27 heavy (non-hydrogen) atoms. The Morgan fingerprint density at radius 2 is 1.93 bits per heavy atom. The van der Waals surface area contributed by atoms with E-state index in [1.807, 2.05) is 0 Å². The van der Waals surface area contributed by atoms with Crippen molar-refractivity contribution in [3.63, 3.8) is 0 Å². The van der Waals surface area contributed by atoms with Crippen LogP contribution in [0.25, 0.3) is 0 Å². The van der Waals surface area contributed by atoms with Crippen LogP contribution in [0.5, 0.6) is 0 Å². The number of benzene rings is 1. The molecule has 1 N–H and O–H groups in total. The van der Waals surface area contributed by atoms with E-state index in [1.165, 1.54) is 12.1 Å². The highest BCUT2D eigenvalue weighted by molar-refractivity contribution is 5.37. The maximum absolute atomic E-state index is 13.2. The first-order valence-electron chi connectivity index (χ1n) is 8.90. The fourth-order valence-corrected chi connectivity index (χ4v) is 3.64. The van der Waals surface area contributed by atoms with Crippen molar-refractivity contribution in [3.8, 4) is 0 Å². The van der Waals surface area contributed by atoms with Crippen LogP contribution in [0.3, 0.4) is 0 Å². The lowest BCUT2D eigenvalue weighted by Gasteiger charge is -2.34. The maximum atomic E-state index is 13.2. The summed E-state index contributed by atoms with van der Waals surface area (Å²) in [5, 5.41) is 7.31. The molecular weight excluding hydrogens is 363 g/mol. The van der Waals surface area contributed by atoms with E-state index >= 15 is 0 Å². The Morgan fingerprint density at radius 1 is 1.11 bits per heavy atom. The molecule has 1 atom stereocenters. The molecular formula is C18H20F3N3O3. The van der Waals surface area contributed by atoms with Crippen LogP contribution in [0.2, 0.25) is 0 Å². The number of ether oxygens (including phenoxy) is 2. The third-order valence-electron chi connectivity index (χ3n) is 5.17. The minimum atomic E-state index is -4.41. The first-order valence-corrected chi connectivity index (χ1v) is 8.90. The highest BCUT2D eigenvalue weighted by atomic mass is 19.4. The van der Waals surface area contributed by atoms with Gasteiger partial charge in [0.25, 0.3) is 0 Å². The second-order valence-electron chi connectivity index (χ2n) is 6.81. The van der Waals surface area contributed by atoms with Crippen molar-refractivity contribution in [2.45, 2.75) is 30.5 Å². The SMILES string of the molecule is FC(F)(F)c1cccc(C2(c3nc([C@H]4COCCN4)no3)CCOCC2)c1. The standard InChI is InChI=1S/C18H20F3N3O3/c19-18(20,21)13-3-1-2-12(10-13)17(4-7-25-8-5-17)16-23-15(24-27-16)14-11-26-9-6-22-14/h1-3,10,14,22H,4-9,11H2/t14-/m1/s1. The Hall–Kier alpha value is -1.97. The van der Waals surface area contributed by atoms with E-state index in [4.69, 9.17) is 14.0 Å². The summed E-state index contributed by atoms with van der Waals surface area (Å²) < 4.78 is 56.0. The Labute approximate surface area is 154 Å². The third kappa shape index (κ3) is 3.59. The first kappa shape index (κ1) is 18.4. The first-order chi connectivity index (χ1) is 13.0. The number of hydrogen-bond acceptors (Lipinski definition) is 6. The van der Waals surface area contributed by atoms with Gasteiger partial charge in [-0.2, -0.15) is 18.2 Å². The molecule has 4 rings (SSSR count). The number of morpholine rings is 1. The summed E-state index contributed by atoms with van der Waals surface area (Å²) >= 11 is 0. The van der Waals surface area contributed by atoms with Crippen LogP contribution in [0, 0.1) is 0 Å². The normalized spacial score (nSPS) is 23.3. The second-order valence-corrected chi connectivity index (χ2v) is 6.81. The number of nitrogens with zero attached hydrogens (tertiary/aromatic N) is 2. The van der Waals surface area contributed by atoms with Crippen molar-refractivity contribution < 1.29 is 27.2 Å². The molecule has 0 unspecified atom stereocenters. The smallest absolute Gasteiger partial charge is 0.381 e. The van der Waals surface area contributed by atoms with Gasteiger partial charge in [-0.15, -0.1) is 0 Å². The molecule has 6 nitrogen and oxygen atoms in total. The van der Waals surface area contributed by atoms with Crippen LogP contribution in [0.4, 0.5) is 13.2 Å². The Balaban J connectivity index is 1.72. The van der Waals surface area contributed by atoms with Crippen molar-refractivity contribution in [1.29, 1.82) is 0 Å². The molecule has 2 fully saturated rings. The largest absolute Gasteiger partial charge is 0.416 e. The lowest BCUT2D eigenvalue weighted by Crippen LogP contribution is -2.37. The molecule has 1 aromatic heterocycles. The predicted octanol–water partition coefficient (Wildman–Crippen LogP) is 2.85. The van der Waals surface area contributed by atoms with Crippen LogP contribution in [0.1, 0.15) is 41.7 Å². The zero-order valence-electron chi connectivity index (χ0n) is 14.6. The molecule has 0 saturated carbocycles. The molecule has 0 aliphatic carbocycles. The lowest BCUT2D eigenvalue weighted by molar-refractivity contribution is -0.137. The molecule has 2 aliphatic heterocycles. The second kappa shape index (κ2) is 7.21. The van der Waals surface area contributed by atoms with E-state index in [0.717, 1.165) is 6.07 Å². The van der Waals surface area contributed by atoms with Gasteiger partial charge in [0.1, 0.15) is 0 Å². The quantitative estimate of drug-likeness (QED) is 0.879. The van der Waals surface area contributed by atoms with Gasteiger partial charge in [-0.25, -0.2) is 0 Å². The van der Waals surface area contributed by atoms with E-state index in [1.54, 1.807) is 6.07 Å². The van der Waals surface area contributed by atoms with Crippen LogP contribution in [-0.2, 0) is 21.1 Å². The van der Waals surface area contributed by atoms with Gasteiger partial charge in [0, 0.05) is 19.8 Å². The van der Waals surface area contributed by atoms with Crippen LogP contribution < -0.4 is 5.32 Å². The van der Waals surface area contributed by atoms with Gasteiger partial charge in [-0.05, 0) is 24.5 Å². The average Bonchev–Trinajstić information content (AvgIpc) is 3.19. The van der Waals surface area contributed by atoms with Crippen LogP contribution in [0.15, 0.2) is 28.8 Å². The summed E-state index contributed by atoms with van der Waals surface area (Å²) in [4.78, 5) is 4.54. The van der Waals surface area contributed by atoms with Gasteiger partial charge < -0.3 is 19.3 Å². The van der Waals surface area contributed by atoms with E-state index in [9.17, 15) is 13.2 Å². The zero-order chi connectivity index (χ0) is 18.9. The molecule has 2 aliphatic rings. The molecule has 9 heteroatoms. The van der Waals surface area contributed by atoms with Gasteiger partial charge in [-0.1, -0.05) is 23.4 Å². The van der Waals surface area contributed by atoms with Gasteiger partial charge in [0.05, 0.1) is 30.2 Å². The van der Waals surface area contributed by atoms with E-state index in [-0.39, 0.29) is 6.04 Å². The fourth-order valence-electron chi connectivity index (χ4n) is 3.64. The van der Waals surface area contributed by atoms with Gasteiger partial charge >= 0.3 is 6.18 Å². The molecule has 0 radical (unpaired) electrons. The molecule has 0 bridgehead atoms. The summed E-state index contributed by atoms with van der Waals surface area (Å²) in [5.74, 6) is 0.787. The number of alkyl halides is 3. The monoisotopic (exact) mass is 383 g/mol. The summed E-state index contributed by atoms with van der Waals surface area (Å²) in [5.41, 5.74) is -0.961. The topological polar surface area (TPSA) is 69.4 Å². The van der Waals surface area contributed by atoms with Crippen molar-refractivity contribution in [3.05, 3.63) is 47.1 Å². The fraction of sp³-hybridized carbons (Fsp3) is 0.556. The maximum Gasteiger partial charge on any atom is 0.416 e. The van der Waals surface area contributed by atoms with E-state index < -0.39 is 17.2 Å². The summed E-state index contributed by atoms with van der Waals surface area (Å²) in [6, 6.07) is 5.17. The van der Waals surface area contributed by atoms with Crippen molar-refractivity contribution in [2.24, 2.45) is 0 Å². The Bertz CT molecular complexity index is 781. The van der Waals surface area contributed by atoms with Gasteiger partial charge in [-0.3, -0.25) is 0 Å². The summed E-state index contributed by atoms with van der Waals surface area (Å²) in [6.07, 6.45) is -3.46. The van der Waals surface area contributed by atoms with Crippen molar-refractivity contribution in [1.82, 2.24) is 15.5 Å². The minimum Gasteiger partial charge on any atom is -0.381 e. The lowest BCUT2D eigenvalue weighted by atomic mass is 9.73. The third-order valence-corrected chi connectivity index (χ3v) is 5.17. The van der Waals surface area contributed by atoms with Crippen LogP contribution >= 0.6 is 0 Å². The van der Waals surface area contributed by atoms with Gasteiger partial charge in [0.15, 0.2) is 5.82 Å². The van der Waals surface area contributed by atoms with Crippen molar-refractivity contribution in [2.75, 3.05) is 33.0 Å². The summed E-state index contributed by atoms with van der Waals surface area (Å²) in [6.45, 7) is 2.56. The predicted molar refractivity (Wildman–Crippen MR) is 88.1 cm³/mol. The van der Waals surface area contributed by atoms with Crippen LogP contribution in [-0.4, -0.2) is 43.1 Å². The van der Waals surface area contributed by atoms with E-state index in [2.05, 4.69) is 15.5 Å². The number of rotatable bonds is 3. The molecule has 0 amide bonds. The molecule has 1 aromatic carbocycles. The average molecular weight is 383 g/mol. The number of aromatic nitrogens is 2. The molecule has 2 aromatic rings. The Kier molecular flexibility index (Phi) is 4.92. The number of nitrogens with one attached hydrogen (secondary N) is 1. The zero-order valence-corrected chi connectivity index (χ0v) is 14.6. The van der Waals surface area contributed by atoms with Gasteiger partial charge in [0.2, 0.25) is 5.89 Å². The number of halogens is 3.